The molecule has 0 saturated carbocycles. The Balaban J connectivity index is 1.84. The molecule has 3 aromatic rings. The molecule has 0 amide bonds. The summed E-state index contributed by atoms with van der Waals surface area (Å²) >= 11 is 0. The summed E-state index contributed by atoms with van der Waals surface area (Å²) in [6.07, 6.45) is -5.62. The van der Waals surface area contributed by atoms with E-state index in [1.54, 1.807) is 12.1 Å². The molecular formula is C21H21O10+. The third-order valence-corrected chi connectivity index (χ3v) is 4.95. The second kappa shape index (κ2) is 8.08. The van der Waals surface area contributed by atoms with E-state index >= 15 is 0 Å². The van der Waals surface area contributed by atoms with Gasteiger partial charge in [0.05, 0.1) is 30.7 Å². The largest absolute Gasteiger partial charge is 0.508 e. The van der Waals surface area contributed by atoms with Crippen LogP contribution in [0.1, 0.15) is 0 Å². The van der Waals surface area contributed by atoms with Crippen LogP contribution in [-0.2, 0) is 4.74 Å². The van der Waals surface area contributed by atoms with E-state index < -0.39 is 36.1 Å². The summed E-state index contributed by atoms with van der Waals surface area (Å²) in [5, 5.41) is 60.1. The van der Waals surface area contributed by atoms with Gasteiger partial charge in [0.2, 0.25) is 17.8 Å². The minimum Gasteiger partial charge on any atom is -0.508 e. The van der Waals surface area contributed by atoms with E-state index in [4.69, 9.17) is 18.6 Å². The normalized spacial score (nSPS) is 23.6. The quantitative estimate of drug-likeness (QED) is 0.262. The summed E-state index contributed by atoms with van der Waals surface area (Å²) in [6.45, 7) is -0.259. The standard InChI is InChI=1S/C21H20O10/c1-28-15-6-10(4-12(23)17(15)25)20-16(5-9-2-3-11(22)7-14(9)30-20)31-21-19(27)18(26)13(24)8-29-21/h2-7,13,18-19,21,24,26-27H,8H2,1H3,(H2-,22,23,25)/p+1. The maximum absolute atomic E-state index is 10.2. The van der Waals surface area contributed by atoms with Gasteiger partial charge in [-0.1, -0.05) is 0 Å². The Kier molecular flexibility index (Phi) is 5.46. The molecule has 10 heteroatoms. The average molecular weight is 433 g/mol. The predicted octanol–water partition coefficient (Wildman–Crippen LogP) is 1.32. The molecule has 164 valence electrons. The third-order valence-electron chi connectivity index (χ3n) is 4.95. The minimum absolute atomic E-state index is 0.0281. The zero-order valence-corrected chi connectivity index (χ0v) is 16.3. The lowest BCUT2D eigenvalue weighted by Crippen LogP contribution is -2.54. The Morgan fingerprint density at radius 3 is 2.48 bits per heavy atom. The van der Waals surface area contributed by atoms with Gasteiger partial charge in [-0.25, -0.2) is 4.42 Å². The molecule has 0 bridgehead atoms. The van der Waals surface area contributed by atoms with E-state index in [0.29, 0.717) is 5.39 Å². The van der Waals surface area contributed by atoms with Crippen LogP contribution in [-0.4, -0.2) is 69.0 Å². The molecule has 0 radical (unpaired) electrons. The zero-order chi connectivity index (χ0) is 22.3. The first-order valence-electron chi connectivity index (χ1n) is 9.31. The number of aliphatic hydroxyl groups is 3. The molecular weight excluding hydrogens is 412 g/mol. The highest BCUT2D eigenvalue weighted by Crippen LogP contribution is 2.43. The molecule has 6 N–H and O–H groups in total. The smallest absolute Gasteiger partial charge is 0.402 e. The van der Waals surface area contributed by atoms with Crippen molar-refractivity contribution in [1.29, 1.82) is 0 Å². The maximum Gasteiger partial charge on any atom is 0.402 e. The number of aromatic hydroxyl groups is 3. The lowest BCUT2D eigenvalue weighted by Gasteiger charge is -2.34. The first-order valence-corrected chi connectivity index (χ1v) is 9.31. The van der Waals surface area contributed by atoms with Gasteiger partial charge in [0.1, 0.15) is 24.1 Å². The number of methoxy groups -OCH3 is 1. The van der Waals surface area contributed by atoms with Crippen LogP contribution in [0.15, 0.2) is 40.8 Å². The van der Waals surface area contributed by atoms with Gasteiger partial charge in [-0.3, -0.25) is 0 Å². The van der Waals surface area contributed by atoms with Crippen molar-refractivity contribution in [1.82, 2.24) is 0 Å². The topological polar surface area (TPSA) is 160 Å². The molecule has 1 aliphatic rings. The summed E-state index contributed by atoms with van der Waals surface area (Å²) in [6, 6.07) is 8.57. The summed E-state index contributed by atoms with van der Waals surface area (Å²) in [5.74, 6) is -0.875. The number of benzene rings is 2. The van der Waals surface area contributed by atoms with Crippen LogP contribution in [0.3, 0.4) is 0 Å². The van der Waals surface area contributed by atoms with E-state index in [1.165, 1.54) is 31.4 Å². The number of ether oxygens (including phenoxy) is 3. The van der Waals surface area contributed by atoms with Gasteiger partial charge in [0, 0.05) is 18.2 Å². The van der Waals surface area contributed by atoms with Gasteiger partial charge < -0.3 is 44.8 Å². The second-order valence-electron chi connectivity index (χ2n) is 7.08. The lowest BCUT2D eigenvalue weighted by molar-refractivity contribution is -0.242. The minimum atomic E-state index is -1.55. The molecule has 1 aromatic heterocycles. The number of hydrogen-bond donors (Lipinski definition) is 6. The molecule has 1 aliphatic heterocycles. The molecule has 2 heterocycles. The number of hydrogen-bond acceptors (Lipinski definition) is 9. The molecule has 2 aromatic carbocycles. The average Bonchev–Trinajstić information content (AvgIpc) is 2.75. The zero-order valence-electron chi connectivity index (χ0n) is 16.3. The van der Waals surface area contributed by atoms with Gasteiger partial charge in [-0.15, -0.1) is 0 Å². The van der Waals surface area contributed by atoms with Crippen LogP contribution in [0.4, 0.5) is 0 Å². The Labute approximate surface area is 175 Å². The Morgan fingerprint density at radius 1 is 0.968 bits per heavy atom. The first-order chi connectivity index (χ1) is 14.8. The Morgan fingerprint density at radius 2 is 1.74 bits per heavy atom. The van der Waals surface area contributed by atoms with Gasteiger partial charge in [0.15, 0.2) is 11.5 Å². The summed E-state index contributed by atoms with van der Waals surface area (Å²) in [7, 11) is 1.31. The highest BCUT2D eigenvalue weighted by molar-refractivity contribution is 5.84. The van der Waals surface area contributed by atoms with Crippen LogP contribution in [0.2, 0.25) is 0 Å². The van der Waals surface area contributed by atoms with Gasteiger partial charge in [-0.2, -0.15) is 0 Å². The number of phenolic OH excluding ortho intramolecular Hbond substituents is 3. The van der Waals surface area contributed by atoms with E-state index in [1.807, 2.05) is 0 Å². The molecule has 1 fully saturated rings. The predicted molar refractivity (Wildman–Crippen MR) is 106 cm³/mol. The van der Waals surface area contributed by atoms with Crippen LogP contribution in [0.25, 0.3) is 22.3 Å². The van der Waals surface area contributed by atoms with Crippen molar-refractivity contribution < 1.29 is 49.3 Å². The third kappa shape index (κ3) is 3.89. The molecule has 1 saturated heterocycles. The fourth-order valence-electron chi connectivity index (χ4n) is 3.27. The van der Waals surface area contributed by atoms with Gasteiger partial charge in [0.25, 0.3) is 0 Å². The van der Waals surface area contributed by atoms with Gasteiger partial charge >= 0.3 is 11.3 Å². The summed E-state index contributed by atoms with van der Waals surface area (Å²) in [4.78, 5) is 0. The van der Waals surface area contributed by atoms with Gasteiger partial charge in [-0.05, 0) is 12.1 Å². The maximum atomic E-state index is 10.2. The van der Waals surface area contributed by atoms with Crippen molar-refractivity contribution in [3.8, 4) is 40.1 Å². The van der Waals surface area contributed by atoms with Crippen molar-refractivity contribution >= 4 is 11.0 Å². The number of phenols is 3. The fraction of sp³-hybridized carbons (Fsp3) is 0.286. The number of rotatable bonds is 4. The van der Waals surface area contributed by atoms with E-state index in [9.17, 15) is 30.6 Å². The van der Waals surface area contributed by atoms with Crippen LogP contribution >= 0.6 is 0 Å². The van der Waals surface area contributed by atoms with Crippen LogP contribution < -0.4 is 9.47 Å². The van der Waals surface area contributed by atoms with Crippen LogP contribution in [0.5, 0.6) is 28.7 Å². The lowest BCUT2D eigenvalue weighted by atomic mass is 10.1. The Hall–Kier alpha value is -3.31. The highest BCUT2D eigenvalue weighted by Gasteiger charge is 2.40. The molecule has 0 spiro atoms. The van der Waals surface area contributed by atoms with E-state index in [0.717, 1.165) is 0 Å². The van der Waals surface area contributed by atoms with Crippen molar-refractivity contribution in [2.24, 2.45) is 0 Å². The summed E-state index contributed by atoms with van der Waals surface area (Å²) < 4.78 is 22.0. The number of fused-ring (bicyclic) bond motifs is 1. The van der Waals surface area contributed by atoms with E-state index in [2.05, 4.69) is 0 Å². The van der Waals surface area contributed by atoms with Crippen LogP contribution in [0, 0.1) is 0 Å². The molecule has 4 rings (SSSR count). The first kappa shape index (κ1) is 20.9. The molecule has 4 unspecified atom stereocenters. The molecule has 10 nitrogen and oxygen atoms in total. The molecule has 0 aliphatic carbocycles. The SMILES string of the molecule is COc1cc(-c2[o+]c3cc(O)ccc3cc2OC2OCC(O)C(O)C2O)cc(O)c1O. The van der Waals surface area contributed by atoms with Crippen molar-refractivity contribution in [2.75, 3.05) is 13.7 Å². The molecule has 31 heavy (non-hydrogen) atoms. The van der Waals surface area contributed by atoms with Crippen molar-refractivity contribution in [3.05, 3.63) is 36.4 Å². The van der Waals surface area contributed by atoms with Crippen molar-refractivity contribution in [2.45, 2.75) is 24.6 Å². The monoisotopic (exact) mass is 433 g/mol. The van der Waals surface area contributed by atoms with Crippen molar-refractivity contribution in [3.63, 3.8) is 0 Å². The second-order valence-corrected chi connectivity index (χ2v) is 7.08. The molecule has 4 atom stereocenters. The summed E-state index contributed by atoms with van der Waals surface area (Å²) in [5.41, 5.74) is 0.535. The number of aliphatic hydroxyl groups excluding tert-OH is 3. The highest BCUT2D eigenvalue weighted by atomic mass is 16.7. The van der Waals surface area contributed by atoms with E-state index in [-0.39, 0.29) is 40.8 Å². The Bertz CT molecular complexity index is 1120. The fourth-order valence-corrected chi connectivity index (χ4v) is 3.27.